The van der Waals surface area contributed by atoms with E-state index in [4.69, 9.17) is 8.83 Å². The predicted octanol–water partition coefficient (Wildman–Crippen LogP) is 13.8. The van der Waals surface area contributed by atoms with E-state index in [1.165, 1.54) is 80.8 Å². The van der Waals surface area contributed by atoms with E-state index in [0.717, 1.165) is 55.3 Å². The smallest absolute Gasteiger partial charge is 0.333 e. The maximum absolute atomic E-state index is 6.65. The van der Waals surface area contributed by atoms with Gasteiger partial charge in [-0.25, -0.2) is 0 Å². The van der Waals surface area contributed by atoms with E-state index in [-0.39, 0.29) is 12.3 Å². The van der Waals surface area contributed by atoms with Crippen LogP contribution < -0.4 is 15.7 Å². The van der Waals surface area contributed by atoms with E-state index >= 15 is 0 Å². The fourth-order valence-corrected chi connectivity index (χ4v) is 11.9. The fourth-order valence-electron chi connectivity index (χ4n) is 10.7. The van der Waals surface area contributed by atoms with E-state index in [2.05, 4.69) is 177 Å². The SMILES string of the molecule is Cc1cc2c3c4c1c1cc5c(cc1n4-c1cc4c(cc1B3N(c1ccc(C(C)(C)C)cc1)c1cc3oc6ccccc6c3cc1-2)sc1ccccc14)oc1ccccc15. The third kappa shape index (κ3) is 4.09. The summed E-state index contributed by atoms with van der Waals surface area (Å²) in [5, 5.41) is 9.73. The lowest BCUT2D eigenvalue weighted by Gasteiger charge is -2.42. The summed E-state index contributed by atoms with van der Waals surface area (Å²) in [6.45, 7) is 9.07. The molecule has 0 amide bonds. The molecular weight excluding hydrogens is 739 g/mol. The molecule has 0 bridgehead atoms. The van der Waals surface area contributed by atoms with Crippen LogP contribution in [-0.2, 0) is 5.41 Å². The summed E-state index contributed by atoms with van der Waals surface area (Å²) in [6.07, 6.45) is 0. The van der Waals surface area contributed by atoms with Crippen molar-refractivity contribution < 1.29 is 8.83 Å². The Balaban J connectivity index is 1.19. The minimum Gasteiger partial charge on any atom is -0.456 e. The number of anilines is 2. The van der Waals surface area contributed by atoms with Crippen molar-refractivity contribution >= 4 is 126 Å². The van der Waals surface area contributed by atoms with Crippen LogP contribution in [0, 0.1) is 6.92 Å². The zero-order valence-electron chi connectivity index (χ0n) is 33.0. The fraction of sp³-hybridized carbons (Fsp3) is 0.0943. The highest BCUT2D eigenvalue weighted by molar-refractivity contribution is 7.26. The first-order valence-electron chi connectivity index (χ1n) is 20.5. The number of rotatable bonds is 1. The number of para-hydroxylation sites is 2. The number of aryl methyl sites for hydroxylation is 1. The van der Waals surface area contributed by atoms with Gasteiger partial charge in [0.1, 0.15) is 22.3 Å². The summed E-state index contributed by atoms with van der Waals surface area (Å²) < 4.78 is 18.5. The number of nitrogens with zero attached hydrogens (tertiary/aromatic N) is 2. The molecule has 0 saturated carbocycles. The van der Waals surface area contributed by atoms with Gasteiger partial charge >= 0.3 is 6.85 Å². The average Bonchev–Trinajstić information content (AvgIpc) is 3.99. The Kier molecular flexibility index (Phi) is 5.92. The largest absolute Gasteiger partial charge is 0.456 e. The molecule has 278 valence electrons. The van der Waals surface area contributed by atoms with Gasteiger partial charge in [0.15, 0.2) is 0 Å². The van der Waals surface area contributed by atoms with Gasteiger partial charge in [0.25, 0.3) is 0 Å². The first-order chi connectivity index (χ1) is 28.8. The minimum atomic E-state index is -0.104. The molecule has 2 aliphatic heterocycles. The van der Waals surface area contributed by atoms with Crippen LogP contribution in [0.2, 0.25) is 0 Å². The van der Waals surface area contributed by atoms with Gasteiger partial charge in [-0.05, 0) is 94.6 Å². The third-order valence-electron chi connectivity index (χ3n) is 13.4. The van der Waals surface area contributed by atoms with E-state index in [1.54, 1.807) is 0 Å². The van der Waals surface area contributed by atoms with Crippen molar-refractivity contribution in [1.82, 2.24) is 4.57 Å². The molecule has 0 aliphatic carbocycles. The molecule has 6 heteroatoms. The highest BCUT2D eigenvalue weighted by Gasteiger charge is 2.45. The van der Waals surface area contributed by atoms with Gasteiger partial charge in [-0.3, -0.25) is 0 Å². The summed E-state index contributed by atoms with van der Waals surface area (Å²) >= 11 is 1.89. The Hall–Kier alpha value is -6.76. The first-order valence-corrected chi connectivity index (χ1v) is 21.3. The van der Waals surface area contributed by atoms with Crippen LogP contribution in [0.5, 0.6) is 0 Å². The standard InChI is InChI=1S/C53H35BN2O2S/c1-28-21-38-34-22-35-31-11-5-8-14-44(31)58-47(35)27-42(34)56(30-19-17-29(18-20-30)53(2,3)4)54-40-25-49-37(33-13-7-10-16-48(33)59-49)24-43(40)55-41-26-46-36(32-12-6-9-15-45(32)57-46)23-39(41)50(28)52(55)51(38)54/h5-27H,1-4H3. The lowest BCUT2D eigenvalue weighted by molar-refractivity contribution is 0.590. The molecule has 12 aromatic rings. The molecule has 8 aromatic carbocycles. The number of thiophene rings is 1. The maximum atomic E-state index is 6.65. The van der Waals surface area contributed by atoms with Crippen LogP contribution in [0.1, 0.15) is 31.9 Å². The van der Waals surface area contributed by atoms with Gasteiger partial charge in [0, 0.05) is 87.2 Å². The molecule has 0 fully saturated rings. The molecule has 4 nitrogen and oxygen atoms in total. The number of hydrogen-bond donors (Lipinski definition) is 0. The van der Waals surface area contributed by atoms with Gasteiger partial charge in [-0.2, -0.15) is 0 Å². The van der Waals surface area contributed by atoms with Crippen LogP contribution in [0.3, 0.4) is 0 Å². The normalized spacial score (nSPS) is 13.7. The van der Waals surface area contributed by atoms with Crippen molar-refractivity contribution in [3.8, 4) is 16.8 Å². The summed E-state index contributed by atoms with van der Waals surface area (Å²) in [4.78, 5) is 2.62. The van der Waals surface area contributed by atoms with Crippen LogP contribution >= 0.6 is 11.3 Å². The lowest BCUT2D eigenvalue weighted by Crippen LogP contribution is -2.60. The zero-order chi connectivity index (χ0) is 39.1. The maximum Gasteiger partial charge on any atom is 0.333 e. The van der Waals surface area contributed by atoms with Gasteiger partial charge in [-0.1, -0.05) is 93.6 Å². The van der Waals surface area contributed by atoms with Gasteiger partial charge < -0.3 is 18.2 Å². The first kappa shape index (κ1) is 32.2. The second-order valence-electron chi connectivity index (χ2n) is 17.7. The topological polar surface area (TPSA) is 34.5 Å². The van der Waals surface area contributed by atoms with Crippen molar-refractivity contribution in [1.29, 1.82) is 0 Å². The minimum absolute atomic E-state index is 0.0325. The number of furan rings is 2. The number of hydrogen-bond acceptors (Lipinski definition) is 4. The molecule has 59 heavy (non-hydrogen) atoms. The van der Waals surface area contributed by atoms with Crippen LogP contribution in [0.25, 0.3) is 103 Å². The van der Waals surface area contributed by atoms with Gasteiger partial charge in [0.2, 0.25) is 0 Å². The molecule has 2 aliphatic rings. The second kappa shape index (κ2) is 10.8. The van der Waals surface area contributed by atoms with Crippen molar-refractivity contribution in [2.75, 3.05) is 4.81 Å². The number of aromatic nitrogens is 1. The predicted molar refractivity (Wildman–Crippen MR) is 251 cm³/mol. The van der Waals surface area contributed by atoms with E-state index in [1.807, 2.05) is 11.3 Å². The summed E-state index contributed by atoms with van der Waals surface area (Å²) in [6, 6.07) is 51.9. The van der Waals surface area contributed by atoms with Crippen LogP contribution in [-0.4, -0.2) is 11.4 Å². The zero-order valence-corrected chi connectivity index (χ0v) is 33.8. The molecule has 0 atom stereocenters. The number of benzene rings is 8. The second-order valence-corrected chi connectivity index (χ2v) is 18.8. The third-order valence-corrected chi connectivity index (χ3v) is 14.5. The van der Waals surface area contributed by atoms with E-state index in [0.29, 0.717) is 0 Å². The molecule has 4 aromatic heterocycles. The Labute approximate surface area is 343 Å². The molecule has 0 radical (unpaired) electrons. The molecule has 0 unspecified atom stereocenters. The van der Waals surface area contributed by atoms with Crippen LogP contribution in [0.15, 0.2) is 148 Å². The quantitative estimate of drug-likeness (QED) is 0.156. The summed E-state index contributed by atoms with van der Waals surface area (Å²) in [7, 11) is 0. The Morgan fingerprint density at radius 1 is 0.542 bits per heavy atom. The van der Waals surface area contributed by atoms with Crippen molar-refractivity contribution in [2.24, 2.45) is 0 Å². The molecular formula is C53H35BN2O2S. The lowest BCUT2D eigenvalue weighted by atomic mass is 9.44. The highest BCUT2D eigenvalue weighted by atomic mass is 32.1. The Bertz CT molecular complexity index is 3850. The number of fused-ring (bicyclic) bond motifs is 17. The molecule has 0 N–H and O–H groups in total. The Morgan fingerprint density at radius 3 is 1.97 bits per heavy atom. The molecule has 0 saturated heterocycles. The molecule has 0 spiro atoms. The van der Waals surface area contributed by atoms with Crippen LogP contribution in [0.4, 0.5) is 11.4 Å². The van der Waals surface area contributed by atoms with Crippen molar-refractivity contribution in [3.05, 3.63) is 151 Å². The van der Waals surface area contributed by atoms with E-state index < -0.39 is 0 Å². The highest BCUT2D eigenvalue weighted by Crippen LogP contribution is 2.50. The Morgan fingerprint density at radius 2 is 1.22 bits per heavy atom. The van der Waals surface area contributed by atoms with Crippen molar-refractivity contribution in [3.63, 3.8) is 0 Å². The monoisotopic (exact) mass is 774 g/mol. The van der Waals surface area contributed by atoms with Gasteiger partial charge in [0.05, 0.1) is 11.0 Å². The summed E-state index contributed by atoms with van der Waals surface area (Å²) in [5.41, 5.74) is 17.4. The summed E-state index contributed by atoms with van der Waals surface area (Å²) in [5.74, 6) is 0. The molecule has 6 heterocycles. The average molecular weight is 775 g/mol. The van der Waals surface area contributed by atoms with E-state index in [9.17, 15) is 0 Å². The van der Waals surface area contributed by atoms with Gasteiger partial charge in [-0.15, -0.1) is 11.3 Å². The van der Waals surface area contributed by atoms with Crippen molar-refractivity contribution in [2.45, 2.75) is 33.1 Å². The molecule has 14 rings (SSSR count).